The van der Waals surface area contributed by atoms with Crippen LogP contribution in [0.2, 0.25) is 0 Å². The normalized spacial score (nSPS) is 23.5. The Bertz CT molecular complexity index is 228. The number of ether oxygens (including phenoxy) is 1. The lowest BCUT2D eigenvalue weighted by Gasteiger charge is -2.23. The standard InChI is InChI=1S/C11H17NO/c1-3-4-5-10(2)8-11-9-13-7-6-12-11/h5,11-12H,6-9H2,1-2H3/b10-5-. The van der Waals surface area contributed by atoms with Crippen molar-refractivity contribution in [2.75, 3.05) is 19.8 Å². The average molecular weight is 179 g/mol. The molecule has 0 aromatic rings. The fraction of sp³-hybridized carbons (Fsp3) is 0.636. The third-order valence-electron chi connectivity index (χ3n) is 2.03. The Hall–Kier alpha value is -0.780. The Labute approximate surface area is 80.4 Å². The van der Waals surface area contributed by atoms with Crippen LogP contribution in [0.5, 0.6) is 0 Å². The maximum atomic E-state index is 5.36. The van der Waals surface area contributed by atoms with E-state index in [1.807, 2.05) is 13.0 Å². The molecule has 0 spiro atoms. The van der Waals surface area contributed by atoms with E-state index in [9.17, 15) is 0 Å². The Morgan fingerprint density at radius 1 is 1.69 bits per heavy atom. The van der Waals surface area contributed by atoms with Crippen LogP contribution in [0.15, 0.2) is 11.6 Å². The summed E-state index contributed by atoms with van der Waals surface area (Å²) in [4.78, 5) is 0. The number of morpholine rings is 1. The predicted octanol–water partition coefficient (Wildman–Crippen LogP) is 1.33. The van der Waals surface area contributed by atoms with Gasteiger partial charge in [0.1, 0.15) is 0 Å². The molecule has 13 heavy (non-hydrogen) atoms. The largest absolute Gasteiger partial charge is 0.379 e. The molecule has 0 aromatic heterocycles. The molecule has 0 aliphatic carbocycles. The first-order valence-corrected chi connectivity index (χ1v) is 4.72. The highest BCUT2D eigenvalue weighted by Gasteiger charge is 2.12. The fourth-order valence-corrected chi connectivity index (χ4v) is 1.39. The summed E-state index contributed by atoms with van der Waals surface area (Å²) in [6.45, 7) is 6.60. The van der Waals surface area contributed by atoms with Gasteiger partial charge in [0.25, 0.3) is 0 Å². The van der Waals surface area contributed by atoms with Crippen molar-refractivity contribution in [2.24, 2.45) is 0 Å². The molecule has 1 saturated heterocycles. The van der Waals surface area contributed by atoms with Gasteiger partial charge in [0.2, 0.25) is 0 Å². The molecule has 0 bridgehead atoms. The maximum absolute atomic E-state index is 5.36. The van der Waals surface area contributed by atoms with E-state index in [1.165, 1.54) is 5.57 Å². The zero-order chi connectivity index (χ0) is 9.52. The summed E-state index contributed by atoms with van der Waals surface area (Å²) in [5, 5.41) is 3.41. The van der Waals surface area contributed by atoms with E-state index in [2.05, 4.69) is 24.1 Å². The molecule has 0 radical (unpaired) electrons. The van der Waals surface area contributed by atoms with Crippen LogP contribution in [-0.2, 0) is 4.74 Å². The van der Waals surface area contributed by atoms with Gasteiger partial charge in [-0.15, -0.1) is 5.92 Å². The zero-order valence-corrected chi connectivity index (χ0v) is 8.39. The van der Waals surface area contributed by atoms with Crippen molar-refractivity contribution in [3.05, 3.63) is 11.6 Å². The Kier molecular flexibility index (Phi) is 4.59. The van der Waals surface area contributed by atoms with Crippen LogP contribution in [-0.4, -0.2) is 25.8 Å². The quantitative estimate of drug-likeness (QED) is 0.646. The van der Waals surface area contributed by atoms with Crippen LogP contribution in [0.3, 0.4) is 0 Å². The van der Waals surface area contributed by atoms with Gasteiger partial charge in [0, 0.05) is 12.6 Å². The second-order valence-electron chi connectivity index (χ2n) is 3.32. The lowest BCUT2D eigenvalue weighted by Crippen LogP contribution is -2.41. The molecule has 1 atom stereocenters. The molecular weight excluding hydrogens is 162 g/mol. The second kappa shape index (κ2) is 5.80. The van der Waals surface area contributed by atoms with Gasteiger partial charge in [-0.25, -0.2) is 0 Å². The van der Waals surface area contributed by atoms with Crippen LogP contribution in [0.25, 0.3) is 0 Å². The summed E-state index contributed by atoms with van der Waals surface area (Å²) in [7, 11) is 0. The molecule has 0 amide bonds. The fourth-order valence-electron chi connectivity index (χ4n) is 1.39. The highest BCUT2D eigenvalue weighted by Crippen LogP contribution is 2.06. The van der Waals surface area contributed by atoms with Crippen molar-refractivity contribution >= 4 is 0 Å². The molecule has 1 aliphatic rings. The Balaban J connectivity index is 2.32. The topological polar surface area (TPSA) is 21.3 Å². The van der Waals surface area contributed by atoms with E-state index >= 15 is 0 Å². The summed E-state index contributed by atoms with van der Waals surface area (Å²) < 4.78 is 5.36. The van der Waals surface area contributed by atoms with E-state index in [0.29, 0.717) is 6.04 Å². The molecule has 1 unspecified atom stereocenters. The molecule has 1 fully saturated rings. The van der Waals surface area contributed by atoms with Crippen molar-refractivity contribution in [1.29, 1.82) is 0 Å². The minimum Gasteiger partial charge on any atom is -0.379 e. The van der Waals surface area contributed by atoms with Crippen LogP contribution in [0.4, 0.5) is 0 Å². The molecular formula is C11H17NO. The minimum absolute atomic E-state index is 0.476. The first kappa shape index (κ1) is 10.3. The number of hydrogen-bond donors (Lipinski definition) is 1. The lowest BCUT2D eigenvalue weighted by molar-refractivity contribution is 0.0770. The van der Waals surface area contributed by atoms with E-state index in [4.69, 9.17) is 4.74 Å². The van der Waals surface area contributed by atoms with Gasteiger partial charge in [0.05, 0.1) is 13.2 Å². The van der Waals surface area contributed by atoms with Gasteiger partial charge in [0.15, 0.2) is 0 Å². The number of hydrogen-bond acceptors (Lipinski definition) is 2. The summed E-state index contributed by atoms with van der Waals surface area (Å²) in [5.74, 6) is 5.81. The van der Waals surface area contributed by atoms with Crippen molar-refractivity contribution in [3.8, 4) is 11.8 Å². The number of rotatable bonds is 2. The van der Waals surface area contributed by atoms with Crippen molar-refractivity contribution in [2.45, 2.75) is 26.3 Å². The monoisotopic (exact) mass is 179 g/mol. The van der Waals surface area contributed by atoms with E-state index < -0.39 is 0 Å². The lowest BCUT2D eigenvalue weighted by atomic mass is 10.1. The van der Waals surface area contributed by atoms with Crippen molar-refractivity contribution in [1.82, 2.24) is 5.32 Å². The molecule has 0 saturated carbocycles. The predicted molar refractivity (Wildman–Crippen MR) is 54.4 cm³/mol. The Morgan fingerprint density at radius 2 is 2.54 bits per heavy atom. The summed E-state index contributed by atoms with van der Waals surface area (Å²) in [5.41, 5.74) is 1.32. The van der Waals surface area contributed by atoms with Gasteiger partial charge in [-0.2, -0.15) is 0 Å². The molecule has 1 N–H and O–H groups in total. The highest BCUT2D eigenvalue weighted by atomic mass is 16.5. The zero-order valence-electron chi connectivity index (χ0n) is 8.39. The summed E-state index contributed by atoms with van der Waals surface area (Å²) >= 11 is 0. The van der Waals surface area contributed by atoms with Gasteiger partial charge >= 0.3 is 0 Å². The van der Waals surface area contributed by atoms with E-state index in [-0.39, 0.29) is 0 Å². The molecule has 2 heteroatoms. The number of allylic oxidation sites excluding steroid dienone is 1. The van der Waals surface area contributed by atoms with Crippen LogP contribution in [0, 0.1) is 11.8 Å². The molecule has 72 valence electrons. The summed E-state index contributed by atoms with van der Waals surface area (Å²) in [6, 6.07) is 0.476. The van der Waals surface area contributed by atoms with Gasteiger partial charge in [-0.1, -0.05) is 11.5 Å². The van der Waals surface area contributed by atoms with Crippen molar-refractivity contribution in [3.63, 3.8) is 0 Å². The SMILES string of the molecule is CC#C/C=C(/C)CC1COCCN1. The first-order valence-electron chi connectivity index (χ1n) is 4.72. The van der Waals surface area contributed by atoms with Crippen molar-refractivity contribution < 1.29 is 4.74 Å². The van der Waals surface area contributed by atoms with E-state index in [0.717, 1.165) is 26.2 Å². The summed E-state index contributed by atoms with van der Waals surface area (Å²) in [6.07, 6.45) is 3.02. The van der Waals surface area contributed by atoms with Gasteiger partial charge in [-0.05, 0) is 26.3 Å². The highest BCUT2D eigenvalue weighted by molar-refractivity contribution is 5.19. The molecule has 2 nitrogen and oxygen atoms in total. The molecule has 1 rings (SSSR count). The average Bonchev–Trinajstić information content (AvgIpc) is 2.16. The van der Waals surface area contributed by atoms with Gasteiger partial charge < -0.3 is 10.1 Å². The molecule has 0 aromatic carbocycles. The first-order chi connectivity index (χ1) is 6.33. The third kappa shape index (κ3) is 4.12. The Morgan fingerprint density at radius 3 is 3.15 bits per heavy atom. The minimum atomic E-state index is 0.476. The second-order valence-corrected chi connectivity index (χ2v) is 3.32. The van der Waals surface area contributed by atoms with Crippen LogP contribution >= 0.6 is 0 Å². The van der Waals surface area contributed by atoms with Crippen LogP contribution < -0.4 is 5.32 Å². The third-order valence-corrected chi connectivity index (χ3v) is 2.03. The smallest absolute Gasteiger partial charge is 0.0623 e. The molecule has 1 aliphatic heterocycles. The number of nitrogens with one attached hydrogen (secondary N) is 1. The molecule has 1 heterocycles. The van der Waals surface area contributed by atoms with Crippen LogP contribution in [0.1, 0.15) is 20.3 Å². The maximum Gasteiger partial charge on any atom is 0.0623 e. The van der Waals surface area contributed by atoms with E-state index in [1.54, 1.807) is 0 Å². The van der Waals surface area contributed by atoms with Gasteiger partial charge in [-0.3, -0.25) is 0 Å².